The Hall–Kier alpha value is -1.88. The molecule has 2 rings (SSSR count). The Morgan fingerprint density at radius 1 is 1.26 bits per heavy atom. The molecule has 0 saturated heterocycles. The van der Waals surface area contributed by atoms with Crippen LogP contribution in [-0.2, 0) is 5.33 Å². The van der Waals surface area contributed by atoms with E-state index in [4.69, 9.17) is 4.74 Å². The van der Waals surface area contributed by atoms with Gasteiger partial charge >= 0.3 is 5.69 Å². The number of hydrogen-bond donors (Lipinski definition) is 0. The maximum atomic E-state index is 11.1. The largest absolute Gasteiger partial charge is 0.450 e. The van der Waals surface area contributed by atoms with Gasteiger partial charge in [-0.15, -0.1) is 0 Å². The smallest absolute Gasteiger partial charge is 0.311 e. The average Bonchev–Trinajstić information content (AvgIpc) is 2.39. The summed E-state index contributed by atoms with van der Waals surface area (Å²) in [6, 6.07) is 12.3. The molecular weight excluding hydrogens is 310 g/mol. The number of benzene rings is 2. The summed E-state index contributed by atoms with van der Waals surface area (Å²) in [5, 5.41) is 11.6. The molecule has 0 aliphatic heterocycles. The van der Waals surface area contributed by atoms with Crippen molar-refractivity contribution >= 4 is 21.6 Å². The second-order valence-electron chi connectivity index (χ2n) is 4.11. The van der Waals surface area contributed by atoms with Gasteiger partial charge in [0.25, 0.3) is 0 Å². The molecular formula is C14H12BrNO3. The van der Waals surface area contributed by atoms with Crippen molar-refractivity contribution < 1.29 is 9.66 Å². The summed E-state index contributed by atoms with van der Waals surface area (Å²) in [6.45, 7) is 1.94. The molecule has 0 aliphatic carbocycles. The standard InChI is InChI=1S/C14H12BrNO3/c1-10-3-2-4-12(7-10)19-14-6-5-11(9-15)8-13(14)16(17)18/h2-8H,9H2,1H3. The van der Waals surface area contributed by atoms with Crippen molar-refractivity contribution in [2.75, 3.05) is 0 Å². The molecule has 0 fully saturated rings. The van der Waals surface area contributed by atoms with Gasteiger partial charge < -0.3 is 4.74 Å². The Kier molecular flexibility index (Phi) is 4.16. The highest BCUT2D eigenvalue weighted by Crippen LogP contribution is 2.32. The molecule has 98 valence electrons. The Morgan fingerprint density at radius 2 is 2.05 bits per heavy atom. The van der Waals surface area contributed by atoms with Gasteiger partial charge in [-0.2, -0.15) is 0 Å². The minimum atomic E-state index is -0.433. The first-order chi connectivity index (χ1) is 9.10. The summed E-state index contributed by atoms with van der Waals surface area (Å²) in [7, 11) is 0. The van der Waals surface area contributed by atoms with Crippen LogP contribution in [0.4, 0.5) is 5.69 Å². The van der Waals surface area contributed by atoms with Gasteiger partial charge in [0.1, 0.15) is 5.75 Å². The van der Waals surface area contributed by atoms with E-state index in [-0.39, 0.29) is 11.4 Å². The lowest BCUT2D eigenvalue weighted by Crippen LogP contribution is -1.95. The topological polar surface area (TPSA) is 52.4 Å². The van der Waals surface area contributed by atoms with E-state index < -0.39 is 4.92 Å². The van der Waals surface area contributed by atoms with Crippen molar-refractivity contribution in [1.82, 2.24) is 0 Å². The predicted octanol–water partition coefficient (Wildman–Crippen LogP) is 4.59. The second kappa shape index (κ2) is 5.84. The molecule has 0 atom stereocenters. The molecule has 0 radical (unpaired) electrons. The quantitative estimate of drug-likeness (QED) is 0.470. The van der Waals surface area contributed by atoms with Crippen LogP contribution in [0, 0.1) is 17.0 Å². The van der Waals surface area contributed by atoms with Gasteiger partial charge in [0.2, 0.25) is 5.75 Å². The fraction of sp³-hybridized carbons (Fsp3) is 0.143. The van der Waals surface area contributed by atoms with Gasteiger partial charge in [-0.3, -0.25) is 10.1 Å². The summed E-state index contributed by atoms with van der Waals surface area (Å²) >= 11 is 3.28. The minimum absolute atomic E-state index is 0.0292. The van der Waals surface area contributed by atoms with Gasteiger partial charge in [0, 0.05) is 11.4 Å². The Labute approximate surface area is 119 Å². The molecule has 0 aromatic heterocycles. The van der Waals surface area contributed by atoms with Gasteiger partial charge in [0.05, 0.1) is 4.92 Å². The Balaban J connectivity index is 2.36. The van der Waals surface area contributed by atoms with E-state index in [0.717, 1.165) is 11.1 Å². The molecule has 0 saturated carbocycles. The zero-order valence-corrected chi connectivity index (χ0v) is 11.9. The van der Waals surface area contributed by atoms with Crippen LogP contribution in [0.1, 0.15) is 11.1 Å². The normalized spacial score (nSPS) is 10.2. The summed E-state index contributed by atoms with van der Waals surface area (Å²) < 4.78 is 5.59. The van der Waals surface area contributed by atoms with E-state index >= 15 is 0 Å². The fourth-order valence-corrected chi connectivity index (χ4v) is 2.03. The van der Waals surface area contributed by atoms with Gasteiger partial charge in [0.15, 0.2) is 0 Å². The number of hydrogen-bond acceptors (Lipinski definition) is 3. The van der Waals surface area contributed by atoms with Crippen LogP contribution in [0.15, 0.2) is 42.5 Å². The number of nitro benzene ring substituents is 1. The monoisotopic (exact) mass is 321 g/mol. The molecule has 5 heteroatoms. The SMILES string of the molecule is Cc1cccc(Oc2ccc(CBr)cc2[N+](=O)[O-])c1. The molecule has 0 amide bonds. The lowest BCUT2D eigenvalue weighted by atomic mass is 10.2. The van der Waals surface area contributed by atoms with Crippen LogP contribution >= 0.6 is 15.9 Å². The lowest BCUT2D eigenvalue weighted by Gasteiger charge is -2.07. The molecule has 19 heavy (non-hydrogen) atoms. The number of aryl methyl sites for hydroxylation is 1. The molecule has 0 unspecified atom stereocenters. The minimum Gasteiger partial charge on any atom is -0.450 e. The number of nitro groups is 1. The van der Waals surface area contributed by atoms with Crippen molar-refractivity contribution in [1.29, 1.82) is 0 Å². The number of nitrogens with zero attached hydrogens (tertiary/aromatic N) is 1. The summed E-state index contributed by atoms with van der Waals surface area (Å²) in [5.74, 6) is 0.843. The van der Waals surface area contributed by atoms with Crippen molar-refractivity contribution in [3.63, 3.8) is 0 Å². The molecule has 4 nitrogen and oxygen atoms in total. The first kappa shape index (κ1) is 13.5. The average molecular weight is 322 g/mol. The molecule has 0 aliphatic rings. The van der Waals surface area contributed by atoms with Crippen molar-refractivity contribution in [2.45, 2.75) is 12.3 Å². The number of rotatable bonds is 4. The van der Waals surface area contributed by atoms with Crippen LogP contribution in [0.2, 0.25) is 0 Å². The molecule has 0 N–H and O–H groups in total. The highest BCUT2D eigenvalue weighted by molar-refractivity contribution is 9.08. The Morgan fingerprint density at radius 3 is 2.68 bits per heavy atom. The van der Waals surface area contributed by atoms with E-state index in [1.807, 2.05) is 25.1 Å². The number of alkyl halides is 1. The summed E-state index contributed by atoms with van der Waals surface area (Å²) in [4.78, 5) is 10.6. The van der Waals surface area contributed by atoms with Crippen molar-refractivity contribution in [3.8, 4) is 11.5 Å². The zero-order valence-electron chi connectivity index (χ0n) is 10.3. The number of ether oxygens (including phenoxy) is 1. The van der Waals surface area contributed by atoms with Gasteiger partial charge in [-0.25, -0.2) is 0 Å². The van der Waals surface area contributed by atoms with Crippen LogP contribution < -0.4 is 4.74 Å². The van der Waals surface area contributed by atoms with E-state index in [0.29, 0.717) is 11.1 Å². The van der Waals surface area contributed by atoms with Gasteiger partial charge in [-0.05, 0) is 36.2 Å². The lowest BCUT2D eigenvalue weighted by molar-refractivity contribution is -0.385. The first-order valence-electron chi connectivity index (χ1n) is 5.68. The van der Waals surface area contributed by atoms with Gasteiger partial charge in [-0.1, -0.05) is 34.1 Å². The first-order valence-corrected chi connectivity index (χ1v) is 6.80. The van der Waals surface area contributed by atoms with E-state index in [1.165, 1.54) is 6.07 Å². The maximum Gasteiger partial charge on any atom is 0.311 e. The summed E-state index contributed by atoms with van der Waals surface area (Å²) in [5.41, 5.74) is 1.85. The summed E-state index contributed by atoms with van der Waals surface area (Å²) in [6.07, 6.45) is 0. The third-order valence-electron chi connectivity index (χ3n) is 2.59. The Bertz CT molecular complexity index is 613. The molecule has 0 spiro atoms. The molecule has 2 aromatic carbocycles. The van der Waals surface area contributed by atoms with E-state index in [9.17, 15) is 10.1 Å². The zero-order chi connectivity index (χ0) is 13.8. The highest BCUT2D eigenvalue weighted by atomic mass is 79.9. The third-order valence-corrected chi connectivity index (χ3v) is 3.24. The van der Waals surface area contributed by atoms with Crippen molar-refractivity contribution in [3.05, 3.63) is 63.7 Å². The van der Waals surface area contributed by atoms with E-state index in [2.05, 4.69) is 15.9 Å². The predicted molar refractivity (Wildman–Crippen MR) is 77.0 cm³/mol. The third kappa shape index (κ3) is 3.32. The van der Waals surface area contributed by atoms with Crippen LogP contribution in [-0.4, -0.2) is 4.92 Å². The number of halogens is 1. The molecule has 2 aromatic rings. The fourth-order valence-electron chi connectivity index (χ4n) is 1.68. The molecule has 0 bridgehead atoms. The second-order valence-corrected chi connectivity index (χ2v) is 4.67. The van der Waals surface area contributed by atoms with E-state index in [1.54, 1.807) is 18.2 Å². The molecule has 0 heterocycles. The highest BCUT2D eigenvalue weighted by Gasteiger charge is 2.16. The van der Waals surface area contributed by atoms with Crippen LogP contribution in [0.3, 0.4) is 0 Å². The van der Waals surface area contributed by atoms with Crippen LogP contribution in [0.25, 0.3) is 0 Å². The van der Waals surface area contributed by atoms with Crippen LogP contribution in [0.5, 0.6) is 11.5 Å². The van der Waals surface area contributed by atoms with Crippen molar-refractivity contribution in [2.24, 2.45) is 0 Å². The maximum absolute atomic E-state index is 11.1.